The number of thioether (sulfide) groups is 1. The van der Waals surface area contributed by atoms with Crippen LogP contribution in [0.4, 0.5) is 0 Å². The number of ether oxygens (including phenoxy) is 1. The van der Waals surface area contributed by atoms with Gasteiger partial charge in [-0.15, -0.1) is 17.9 Å². The summed E-state index contributed by atoms with van der Waals surface area (Å²) in [6.07, 6.45) is 1.67. The zero-order chi connectivity index (χ0) is 24.1. The summed E-state index contributed by atoms with van der Waals surface area (Å²) in [5, 5.41) is 5.58. The second-order valence-electron chi connectivity index (χ2n) is 7.62. The number of aromatic nitrogens is 2. The van der Waals surface area contributed by atoms with Crippen molar-refractivity contribution in [1.82, 2.24) is 14.9 Å². The van der Waals surface area contributed by atoms with Crippen LogP contribution >= 0.6 is 23.1 Å². The average molecular weight is 492 g/mol. The molecule has 0 bridgehead atoms. The molecule has 8 heteroatoms. The summed E-state index contributed by atoms with van der Waals surface area (Å²) >= 11 is 2.71. The van der Waals surface area contributed by atoms with E-state index < -0.39 is 5.25 Å². The maximum Gasteiger partial charge on any atom is 0.263 e. The molecule has 4 aromatic rings. The van der Waals surface area contributed by atoms with Crippen LogP contribution in [-0.4, -0.2) is 27.8 Å². The van der Waals surface area contributed by atoms with Gasteiger partial charge in [0.05, 0.1) is 17.7 Å². The first-order valence-electron chi connectivity index (χ1n) is 10.8. The largest absolute Gasteiger partial charge is 0.497 e. The van der Waals surface area contributed by atoms with Crippen LogP contribution in [0.25, 0.3) is 21.3 Å². The van der Waals surface area contributed by atoms with E-state index in [9.17, 15) is 9.59 Å². The van der Waals surface area contributed by atoms with E-state index in [2.05, 4.69) is 11.9 Å². The van der Waals surface area contributed by atoms with E-state index in [4.69, 9.17) is 9.72 Å². The van der Waals surface area contributed by atoms with E-state index in [1.54, 1.807) is 17.8 Å². The van der Waals surface area contributed by atoms with Crippen LogP contribution in [-0.2, 0) is 17.9 Å². The molecule has 0 aliphatic rings. The van der Waals surface area contributed by atoms with Gasteiger partial charge in [0.1, 0.15) is 10.6 Å². The van der Waals surface area contributed by atoms with Gasteiger partial charge in [-0.1, -0.05) is 60.3 Å². The van der Waals surface area contributed by atoms with Gasteiger partial charge in [0, 0.05) is 24.0 Å². The fraction of sp³-hybridized carbons (Fsp3) is 0.192. The molecule has 0 spiro atoms. The van der Waals surface area contributed by atoms with E-state index in [0.717, 1.165) is 22.4 Å². The zero-order valence-corrected chi connectivity index (χ0v) is 20.6. The summed E-state index contributed by atoms with van der Waals surface area (Å²) in [6, 6.07) is 17.4. The lowest BCUT2D eigenvalue weighted by Crippen LogP contribution is -2.31. The summed E-state index contributed by atoms with van der Waals surface area (Å²) in [4.78, 5) is 31.7. The van der Waals surface area contributed by atoms with Crippen LogP contribution in [0.3, 0.4) is 0 Å². The highest BCUT2D eigenvalue weighted by Crippen LogP contribution is 2.32. The number of thiophene rings is 1. The number of nitrogens with zero attached hydrogens (tertiary/aromatic N) is 2. The lowest BCUT2D eigenvalue weighted by molar-refractivity contribution is -0.120. The van der Waals surface area contributed by atoms with Gasteiger partial charge in [-0.05, 0) is 30.2 Å². The van der Waals surface area contributed by atoms with Crippen molar-refractivity contribution in [1.29, 1.82) is 0 Å². The second-order valence-corrected chi connectivity index (χ2v) is 9.79. The molecular weight excluding hydrogens is 466 g/mol. The van der Waals surface area contributed by atoms with E-state index in [1.165, 1.54) is 23.1 Å². The number of allylic oxidation sites excluding steroid dienone is 1. The van der Waals surface area contributed by atoms with E-state index in [0.29, 0.717) is 28.5 Å². The van der Waals surface area contributed by atoms with Crippen LogP contribution in [0, 0.1) is 0 Å². The Labute approximate surface area is 206 Å². The molecule has 2 heterocycles. The highest BCUT2D eigenvalue weighted by molar-refractivity contribution is 8.00. The van der Waals surface area contributed by atoms with Crippen molar-refractivity contribution in [3.63, 3.8) is 0 Å². The highest BCUT2D eigenvalue weighted by atomic mass is 32.2. The van der Waals surface area contributed by atoms with Crippen LogP contribution in [0.5, 0.6) is 5.75 Å². The van der Waals surface area contributed by atoms with Crippen LogP contribution < -0.4 is 15.6 Å². The number of benzene rings is 2. The number of methoxy groups -OCH3 is 1. The third kappa shape index (κ3) is 5.08. The summed E-state index contributed by atoms with van der Waals surface area (Å²) in [5.74, 6) is 0.640. The van der Waals surface area contributed by atoms with Crippen molar-refractivity contribution in [3.05, 3.63) is 88.5 Å². The number of rotatable bonds is 9. The van der Waals surface area contributed by atoms with Crippen LogP contribution in [0.15, 0.2) is 82.6 Å². The zero-order valence-electron chi connectivity index (χ0n) is 19.0. The number of amides is 1. The lowest BCUT2D eigenvalue weighted by atomic mass is 10.1. The Hall–Kier alpha value is -3.36. The maximum atomic E-state index is 13.5. The molecule has 4 rings (SSSR count). The van der Waals surface area contributed by atoms with E-state index in [-0.39, 0.29) is 11.5 Å². The third-order valence-electron chi connectivity index (χ3n) is 5.33. The maximum absolute atomic E-state index is 13.5. The Morgan fingerprint density at radius 3 is 2.65 bits per heavy atom. The summed E-state index contributed by atoms with van der Waals surface area (Å²) in [6.45, 7) is 6.33. The third-order valence-corrected chi connectivity index (χ3v) is 7.29. The first-order valence-corrected chi connectivity index (χ1v) is 12.5. The number of carbonyl (C=O) groups excluding carboxylic acids is 1. The topological polar surface area (TPSA) is 73.2 Å². The first-order chi connectivity index (χ1) is 16.5. The summed E-state index contributed by atoms with van der Waals surface area (Å²) in [7, 11) is 1.62. The average Bonchev–Trinajstić information content (AvgIpc) is 3.29. The molecule has 0 unspecified atom stereocenters. The molecule has 0 saturated carbocycles. The van der Waals surface area contributed by atoms with Crippen molar-refractivity contribution < 1.29 is 9.53 Å². The number of hydrogen-bond donors (Lipinski definition) is 1. The predicted molar refractivity (Wildman–Crippen MR) is 140 cm³/mol. The molecule has 34 heavy (non-hydrogen) atoms. The molecule has 1 amide bonds. The van der Waals surface area contributed by atoms with Crippen LogP contribution in [0.1, 0.15) is 12.5 Å². The summed E-state index contributed by atoms with van der Waals surface area (Å²) < 4.78 is 6.76. The molecule has 2 aromatic carbocycles. The van der Waals surface area contributed by atoms with Gasteiger partial charge in [0.25, 0.3) is 5.56 Å². The molecule has 0 aliphatic heterocycles. The fourth-order valence-corrected chi connectivity index (χ4v) is 5.43. The smallest absolute Gasteiger partial charge is 0.263 e. The van der Waals surface area contributed by atoms with Gasteiger partial charge < -0.3 is 10.1 Å². The Bertz CT molecular complexity index is 1360. The van der Waals surface area contributed by atoms with Crippen molar-refractivity contribution >= 4 is 39.2 Å². The number of fused-ring (bicyclic) bond motifs is 1. The van der Waals surface area contributed by atoms with Crippen molar-refractivity contribution in [2.24, 2.45) is 0 Å². The van der Waals surface area contributed by atoms with Crippen molar-refractivity contribution in [2.45, 2.75) is 30.4 Å². The van der Waals surface area contributed by atoms with Gasteiger partial charge in [0.2, 0.25) is 5.91 Å². The normalized spacial score (nSPS) is 11.8. The van der Waals surface area contributed by atoms with Gasteiger partial charge >= 0.3 is 0 Å². The van der Waals surface area contributed by atoms with Crippen molar-refractivity contribution in [3.8, 4) is 16.9 Å². The Morgan fingerprint density at radius 1 is 1.24 bits per heavy atom. The molecule has 174 valence electrons. The van der Waals surface area contributed by atoms with E-state index in [1.807, 2.05) is 66.9 Å². The first kappa shape index (κ1) is 23.8. The minimum atomic E-state index is -0.438. The Balaban J connectivity index is 1.56. The molecular formula is C26H25N3O3S2. The lowest BCUT2D eigenvalue weighted by Gasteiger charge is -2.15. The minimum absolute atomic E-state index is 0.127. The van der Waals surface area contributed by atoms with E-state index >= 15 is 0 Å². The molecule has 1 N–H and O–H groups in total. The molecule has 1 atom stereocenters. The Kier molecular flexibility index (Phi) is 7.49. The molecule has 0 fully saturated rings. The fourth-order valence-electron chi connectivity index (χ4n) is 3.50. The Morgan fingerprint density at radius 2 is 1.97 bits per heavy atom. The monoisotopic (exact) mass is 491 g/mol. The minimum Gasteiger partial charge on any atom is -0.497 e. The molecule has 6 nitrogen and oxygen atoms in total. The van der Waals surface area contributed by atoms with Crippen LogP contribution in [0.2, 0.25) is 0 Å². The number of carbonyl (C=O) groups is 1. The highest BCUT2D eigenvalue weighted by Gasteiger charge is 2.21. The molecule has 0 saturated heterocycles. The SMILES string of the molecule is C=CCn1c(S[C@@H](C)C(=O)NCc2ccc(OC)cc2)nc2scc(-c3ccccc3)c2c1=O. The molecule has 0 aliphatic carbocycles. The predicted octanol–water partition coefficient (Wildman–Crippen LogP) is 5.12. The second kappa shape index (κ2) is 10.7. The standard InChI is InChI=1S/C26H25N3O3S2/c1-4-14-29-25(31)22-21(19-8-6-5-7-9-19)16-33-24(22)28-26(29)34-17(2)23(30)27-15-18-10-12-20(32-3)13-11-18/h4-13,16-17H,1,14-15H2,2-3H3,(H,27,30)/t17-/m0/s1. The van der Waals surface area contributed by atoms with Gasteiger partial charge in [-0.2, -0.15) is 0 Å². The van der Waals surface area contributed by atoms with Gasteiger partial charge in [-0.3, -0.25) is 14.2 Å². The number of hydrogen-bond acceptors (Lipinski definition) is 6. The van der Waals surface area contributed by atoms with Crippen molar-refractivity contribution in [2.75, 3.05) is 7.11 Å². The summed E-state index contributed by atoms with van der Waals surface area (Å²) in [5.41, 5.74) is 2.70. The molecule has 0 radical (unpaired) electrons. The van der Waals surface area contributed by atoms with Gasteiger partial charge in [-0.25, -0.2) is 4.98 Å². The van der Waals surface area contributed by atoms with Gasteiger partial charge in [0.15, 0.2) is 5.16 Å². The number of nitrogens with one attached hydrogen (secondary N) is 1. The molecule has 2 aromatic heterocycles. The quantitative estimate of drug-likeness (QED) is 0.200.